The Kier molecular flexibility index (Phi) is 1.80. The lowest BCUT2D eigenvalue weighted by Crippen LogP contribution is -2.27. The Hall–Kier alpha value is -0.640. The van der Waals surface area contributed by atoms with E-state index in [1.54, 1.807) is 0 Å². The zero-order valence-electron chi connectivity index (χ0n) is 5.79. The van der Waals surface area contributed by atoms with Crippen molar-refractivity contribution >= 4 is 0 Å². The highest BCUT2D eigenvalue weighted by Crippen LogP contribution is 1.93. The molecule has 0 amide bonds. The molecule has 0 heterocycles. The molecule has 0 aromatic rings. The first-order chi connectivity index (χ1) is 3.89. The molecule has 0 rings (SSSR count). The van der Waals surface area contributed by atoms with Crippen LogP contribution in [0.3, 0.4) is 0 Å². The molecule has 0 bridgehead atoms. The van der Waals surface area contributed by atoms with E-state index in [-0.39, 0.29) is 0 Å². The van der Waals surface area contributed by atoms with Gasteiger partial charge in [-0.1, -0.05) is 0 Å². The summed E-state index contributed by atoms with van der Waals surface area (Å²) in [6.07, 6.45) is -1.24. The first-order valence-corrected chi connectivity index (χ1v) is 2.21. The molecule has 0 aromatic heterocycles. The lowest BCUT2D eigenvalue weighted by Gasteiger charge is -2.03. The molecule has 0 spiro atoms. The van der Waals surface area contributed by atoms with E-state index < -0.39 is 17.0 Å². The predicted octanol–water partition coefficient (Wildman–Crippen LogP) is 0.0324. The third-order valence-corrected chi connectivity index (χ3v) is 0.893. The molecule has 0 aliphatic rings. The fourth-order valence-corrected chi connectivity index (χ4v) is 0.153. The molecular weight excluding hydrogens is 110 g/mol. The maximum Gasteiger partial charge on any atom is 0.235 e. The second-order valence-corrected chi connectivity index (χ2v) is 1.57. The number of aliphatic hydroxyl groups excluding tert-OH is 1. The molecule has 4 nitrogen and oxygen atoms in total. The molecule has 4 heteroatoms. The Morgan fingerprint density at radius 3 is 2.25 bits per heavy atom. The smallest absolute Gasteiger partial charge is 0.235 e. The van der Waals surface area contributed by atoms with Crippen molar-refractivity contribution in [3.05, 3.63) is 10.1 Å². The van der Waals surface area contributed by atoms with E-state index in [9.17, 15) is 10.1 Å². The first kappa shape index (κ1) is 5.50. The molecule has 0 aliphatic heterocycles. The van der Waals surface area contributed by atoms with Crippen LogP contribution in [0.1, 0.15) is 15.2 Å². The van der Waals surface area contributed by atoms with E-state index in [2.05, 4.69) is 0 Å². The minimum absolute atomic E-state index is 0.822. The maximum atomic E-state index is 9.92. The van der Waals surface area contributed by atoms with E-state index in [0.717, 1.165) is 6.92 Å². The Bertz CT molecular complexity index is 123. The van der Waals surface area contributed by atoms with E-state index >= 15 is 0 Å². The first-order valence-electron chi connectivity index (χ1n) is 2.71. The van der Waals surface area contributed by atoms with Gasteiger partial charge in [0.2, 0.25) is 6.02 Å². The molecule has 0 saturated carbocycles. The summed E-state index contributed by atoms with van der Waals surface area (Å²) in [6, 6.07) is -1.97. The van der Waals surface area contributed by atoms with Gasteiger partial charge in [-0.15, -0.1) is 0 Å². The van der Waals surface area contributed by atoms with Crippen LogP contribution in [-0.4, -0.2) is 22.2 Å². The van der Waals surface area contributed by atoms with Crippen molar-refractivity contribution in [3.63, 3.8) is 0 Å². The summed E-state index contributed by atoms with van der Waals surface area (Å²) in [6.45, 7) is 2.27. The van der Waals surface area contributed by atoms with Gasteiger partial charge in [0.25, 0.3) is 0 Å². The molecule has 0 aliphatic carbocycles. The molecule has 1 N–H and O–H groups in total. The van der Waals surface area contributed by atoms with Crippen molar-refractivity contribution in [2.45, 2.75) is 26.0 Å². The predicted molar refractivity (Wildman–Crippen MR) is 28.1 cm³/mol. The van der Waals surface area contributed by atoms with E-state index in [0.29, 0.717) is 0 Å². The van der Waals surface area contributed by atoms with Crippen molar-refractivity contribution in [1.82, 2.24) is 0 Å². The van der Waals surface area contributed by atoms with Gasteiger partial charge in [-0.05, 0) is 6.92 Å². The largest absolute Gasteiger partial charge is 0.386 e. The summed E-state index contributed by atoms with van der Waals surface area (Å²) in [7, 11) is 0. The van der Waals surface area contributed by atoms with Gasteiger partial charge in [-0.25, -0.2) is 0 Å². The third-order valence-electron chi connectivity index (χ3n) is 0.893. The van der Waals surface area contributed by atoms with Crippen LogP contribution in [-0.2, 0) is 0 Å². The average molecular weight is 120 g/mol. The highest BCUT2D eigenvalue weighted by atomic mass is 16.6. The SMILES string of the molecule is [2H]C(C)(C(C)O)[N+](=O)[O-]. The van der Waals surface area contributed by atoms with Crippen LogP contribution in [0, 0.1) is 10.1 Å². The fourth-order valence-electron chi connectivity index (χ4n) is 0.153. The standard InChI is InChI=1S/C4H9NO3/c1-3(4(2)6)5(7)8/h3-4,6H,1-2H3/i3D. The third kappa shape index (κ3) is 1.88. The van der Waals surface area contributed by atoms with Crippen LogP contribution >= 0.6 is 0 Å². The zero-order chi connectivity index (χ0) is 7.65. The van der Waals surface area contributed by atoms with Crippen LogP contribution in [0.2, 0.25) is 0 Å². The van der Waals surface area contributed by atoms with Gasteiger partial charge >= 0.3 is 0 Å². The summed E-state index contributed by atoms with van der Waals surface area (Å²) >= 11 is 0. The number of nitro groups is 1. The Balaban J connectivity index is 4.19. The minimum Gasteiger partial charge on any atom is -0.386 e. The number of nitrogens with zero attached hydrogens (tertiary/aromatic N) is 1. The van der Waals surface area contributed by atoms with Crippen LogP contribution in [0.5, 0.6) is 0 Å². The zero-order valence-corrected chi connectivity index (χ0v) is 4.79. The van der Waals surface area contributed by atoms with Gasteiger partial charge in [-0.2, -0.15) is 0 Å². The Morgan fingerprint density at radius 1 is 1.88 bits per heavy atom. The number of hydrogen-bond donors (Lipinski definition) is 1. The molecular formula is C4H9NO3. The number of rotatable bonds is 2. The minimum atomic E-state index is -1.97. The summed E-state index contributed by atoms with van der Waals surface area (Å²) < 4.78 is 6.89. The molecule has 0 fully saturated rings. The average Bonchev–Trinajstić information content (AvgIpc) is 1.65. The fraction of sp³-hybridized carbons (Fsp3) is 1.00. The Morgan fingerprint density at radius 2 is 2.25 bits per heavy atom. The van der Waals surface area contributed by atoms with Crippen molar-refractivity contribution in [2.24, 2.45) is 0 Å². The number of aliphatic hydroxyl groups is 1. The highest BCUT2D eigenvalue weighted by molar-refractivity contribution is 4.53. The molecule has 0 radical (unpaired) electrons. The molecule has 8 heavy (non-hydrogen) atoms. The lowest BCUT2D eigenvalue weighted by molar-refractivity contribution is -0.528. The van der Waals surface area contributed by atoms with Crippen LogP contribution in [0.15, 0.2) is 0 Å². The van der Waals surface area contributed by atoms with Crippen molar-refractivity contribution in [1.29, 1.82) is 0 Å². The monoisotopic (exact) mass is 120 g/mol. The molecule has 0 aromatic carbocycles. The maximum absolute atomic E-state index is 9.92. The molecule has 0 saturated heterocycles. The quantitative estimate of drug-likeness (QED) is 0.413. The number of hydrogen-bond acceptors (Lipinski definition) is 3. The Labute approximate surface area is 48.7 Å². The van der Waals surface area contributed by atoms with Gasteiger partial charge in [-0.3, -0.25) is 10.1 Å². The van der Waals surface area contributed by atoms with Crippen molar-refractivity contribution < 1.29 is 11.4 Å². The van der Waals surface area contributed by atoms with Gasteiger partial charge in [0.1, 0.15) is 7.47 Å². The second kappa shape index (κ2) is 2.61. The summed E-state index contributed by atoms with van der Waals surface area (Å²) in [5.41, 5.74) is 0. The molecule has 48 valence electrons. The normalized spacial score (nSPS) is 23.1. The highest BCUT2D eigenvalue weighted by Gasteiger charge is 2.18. The van der Waals surface area contributed by atoms with E-state index in [4.69, 9.17) is 6.48 Å². The van der Waals surface area contributed by atoms with Crippen molar-refractivity contribution in [3.8, 4) is 0 Å². The van der Waals surface area contributed by atoms with Gasteiger partial charge in [0.15, 0.2) is 0 Å². The second-order valence-electron chi connectivity index (χ2n) is 1.57. The van der Waals surface area contributed by atoms with Gasteiger partial charge in [0, 0.05) is 11.8 Å². The topological polar surface area (TPSA) is 63.4 Å². The van der Waals surface area contributed by atoms with Gasteiger partial charge in [0.05, 0.1) is 0 Å². The van der Waals surface area contributed by atoms with Crippen molar-refractivity contribution in [2.75, 3.05) is 0 Å². The van der Waals surface area contributed by atoms with Crippen LogP contribution in [0.4, 0.5) is 0 Å². The summed E-state index contributed by atoms with van der Waals surface area (Å²) in [4.78, 5) is 9.10. The molecule has 2 unspecified atom stereocenters. The lowest BCUT2D eigenvalue weighted by atomic mass is 10.2. The van der Waals surface area contributed by atoms with Crippen LogP contribution < -0.4 is 0 Å². The summed E-state index contributed by atoms with van der Waals surface area (Å²) in [5.74, 6) is 0. The van der Waals surface area contributed by atoms with Crippen LogP contribution in [0.25, 0.3) is 0 Å². The van der Waals surface area contributed by atoms with E-state index in [1.807, 2.05) is 0 Å². The molecule has 2 atom stereocenters. The van der Waals surface area contributed by atoms with E-state index in [1.165, 1.54) is 6.92 Å². The van der Waals surface area contributed by atoms with Gasteiger partial charge < -0.3 is 5.11 Å². The summed E-state index contributed by atoms with van der Waals surface area (Å²) in [5, 5.41) is 18.5.